The van der Waals surface area contributed by atoms with Crippen molar-refractivity contribution in [3.8, 4) is 0 Å². The highest BCUT2D eigenvalue weighted by Gasteiger charge is 2.59. The van der Waals surface area contributed by atoms with Gasteiger partial charge in [0.1, 0.15) is 0 Å². The maximum absolute atomic E-state index is 7.34. The summed E-state index contributed by atoms with van der Waals surface area (Å²) < 4.78 is 145. The second kappa shape index (κ2) is 46.7. The van der Waals surface area contributed by atoms with Gasteiger partial charge in [-0.3, -0.25) is 0 Å². The first kappa shape index (κ1) is 109. The maximum atomic E-state index is 7.34. The first-order valence-electron chi connectivity index (χ1n) is 54.7. The summed E-state index contributed by atoms with van der Waals surface area (Å²) in [5.74, 6) is 6.01. The summed E-state index contributed by atoms with van der Waals surface area (Å²) in [7, 11) is -35.2. The molecule has 16 aliphatic rings. The van der Waals surface area contributed by atoms with E-state index >= 15 is 0 Å². The summed E-state index contributed by atoms with van der Waals surface area (Å²) in [4.78, 5) is 0. The topological polar surface area (TPSA) is 223 Å². The van der Waals surface area contributed by atoms with Crippen LogP contribution in [0.25, 0.3) is 0 Å². The maximum Gasteiger partial charge on any atom is 0.317 e. The Bertz CT molecular complexity index is 4430. The largest absolute Gasteiger partial charge is 0.420 e. The van der Waals surface area contributed by atoms with Gasteiger partial charge in [0, 0.05) is 0 Å². The van der Waals surface area contributed by atoms with Crippen molar-refractivity contribution in [3.05, 3.63) is 144 Å². The van der Waals surface area contributed by atoms with E-state index < -0.39 is 141 Å². The highest BCUT2D eigenvalue weighted by Crippen LogP contribution is 2.52. The first-order valence-corrected chi connectivity index (χ1v) is 92.5. The van der Waals surface area contributed by atoms with Crippen molar-refractivity contribution in [2.45, 2.75) is 444 Å². The van der Waals surface area contributed by atoms with Crippen molar-refractivity contribution < 1.29 is 94.3 Å². The fraction of sp³-hybridized carbons (Fsp3) is 0.760. The Morgan fingerprint density at radius 3 is 0.674 bits per heavy atom. The average molecular weight is 2180 g/mol. The van der Waals surface area contributed by atoms with E-state index in [-0.39, 0.29) is 0 Å². The zero-order valence-corrected chi connectivity index (χ0v) is 105. The number of benzene rings is 4. The molecule has 10 saturated heterocycles. The molecule has 0 aromatic heterocycles. The first-order chi connectivity index (χ1) is 65.7. The van der Waals surface area contributed by atoms with Crippen LogP contribution in [0.5, 0.6) is 0 Å². The third-order valence-electron chi connectivity index (χ3n) is 33.6. The second-order valence-electron chi connectivity index (χ2n) is 47.2. The van der Waals surface area contributed by atoms with E-state index in [1.54, 1.807) is 0 Å². The van der Waals surface area contributed by atoms with Gasteiger partial charge in [-0.25, -0.2) is 0 Å². The Morgan fingerprint density at radius 1 is 0.217 bits per heavy atom. The van der Waals surface area contributed by atoms with Crippen molar-refractivity contribution in [1.82, 2.24) is 0 Å². The van der Waals surface area contributed by atoms with Crippen LogP contribution >= 0.6 is 0 Å². The molecule has 0 amide bonds. The SMILES string of the molecule is CC(C[Si]1(C)O[SiH](C)O[SiH](C)O[Si](C)(CCC2CCC3OC3C2)O1)c1ccccc1.CC(C[Si]1(C)O[SiH](C)O[Si](C)(CCC2CCC3OC3C2)O[SiH](C)O1)c1ccccc1.CC(C[Si]1(C)O[SiH](C)O[Si](C)(CCC2CCC3OC3C2)O[Si](C)(CCC2CCC3OC3C2)O1)c1ccccc1.CC(C[Si]1(C)O[Si](C)(CCC2CCC3OC3C2)O[SiH](C)O[Si](C)(CCC2CCC3OC3C2)O1)c1ccccc1. The Hall–Kier alpha value is -0.530. The van der Waals surface area contributed by atoms with Crippen molar-refractivity contribution >= 4 is 141 Å². The lowest BCUT2D eigenvalue weighted by molar-refractivity contribution is 0.228. The molecule has 16 fully saturated rings. The minimum atomic E-state index is -2.60. The molecule has 0 bridgehead atoms. The van der Waals surface area contributed by atoms with Crippen molar-refractivity contribution in [1.29, 1.82) is 0 Å². The van der Waals surface area contributed by atoms with Gasteiger partial charge in [-0.05, 0) is 401 Å². The smallest absolute Gasteiger partial charge is 0.317 e. The number of rotatable bonds is 30. The molecule has 4 aromatic carbocycles. The summed E-state index contributed by atoms with van der Waals surface area (Å²) >= 11 is 0. The highest BCUT2D eigenvalue weighted by atomic mass is 28.5. The molecular weight excluding hydrogens is 2000 g/mol. The van der Waals surface area contributed by atoms with Crippen LogP contribution in [-0.4, -0.2) is 215 Å². The third kappa shape index (κ3) is 31.8. The van der Waals surface area contributed by atoms with Crippen LogP contribution in [-0.2, 0) is 94.3 Å². The molecule has 0 N–H and O–H groups in total. The molecule has 6 aliphatic carbocycles. The van der Waals surface area contributed by atoms with Crippen LogP contribution < -0.4 is 0 Å². The van der Waals surface area contributed by atoms with Crippen LogP contribution in [0.1, 0.15) is 228 Å². The van der Waals surface area contributed by atoms with Crippen LogP contribution in [0, 0.1) is 35.5 Å². The van der Waals surface area contributed by atoms with E-state index in [0.29, 0.717) is 96.9 Å². The quantitative estimate of drug-likeness (QED) is 0.0349. The summed E-state index contributed by atoms with van der Waals surface area (Å²) in [6, 6.07) is 53.1. The van der Waals surface area contributed by atoms with Crippen LogP contribution in [0.4, 0.5) is 0 Å². The predicted molar refractivity (Wildman–Crippen MR) is 583 cm³/mol. The van der Waals surface area contributed by atoms with Gasteiger partial charge in [0.05, 0.1) is 73.2 Å². The van der Waals surface area contributed by atoms with E-state index in [9.17, 15) is 0 Å². The Balaban J connectivity index is 0.000000128. The van der Waals surface area contributed by atoms with Gasteiger partial charge in [-0.15, -0.1) is 0 Å². The van der Waals surface area contributed by atoms with Gasteiger partial charge >= 0.3 is 123 Å². The van der Waals surface area contributed by atoms with Gasteiger partial charge in [-0.2, -0.15) is 0 Å². The molecule has 20 rings (SSSR count). The van der Waals surface area contributed by atoms with Crippen LogP contribution in [0.2, 0.25) is 165 Å². The molecule has 6 saturated carbocycles. The minimum absolute atomic E-state index is 0.373. The Morgan fingerprint density at radius 2 is 0.406 bits per heavy atom. The lowest BCUT2D eigenvalue weighted by Gasteiger charge is -2.48. The number of epoxide rings is 6. The number of hydrogen-bond donors (Lipinski definition) is 0. The molecule has 0 spiro atoms. The van der Waals surface area contributed by atoms with E-state index in [0.717, 1.165) is 95.9 Å². The molecule has 34 unspecified atom stereocenters. The fourth-order valence-corrected chi connectivity index (χ4v) is 104. The Labute approximate surface area is 851 Å². The summed E-state index contributed by atoms with van der Waals surface area (Å²) in [5, 5.41) is 0. The third-order valence-corrected chi connectivity index (χ3v) is 99.8. The normalized spacial score (nSPS) is 44.7. The molecule has 4 aromatic rings. The standard InChI is InChI=1S/2C29H50O6Si4.2C21H38O5Si4/c1-22(25-9-7-6-8-10-25)21-39(5)33-36(2)32-37(3,17-15-23-11-13-26-28(19-23)30-26)34-38(4,35-39)18-16-24-12-14-27-29(20-24)31-27;1-22(25-9-7-6-8-10-25)21-39(5)34-37(3,17-15-23-11-13-26-28(19-23)30-26)32-36(2)33-38(4,35-39)18-16-24-12-14-27-29(20-24)31-27;1-17(19-9-7-6-8-10-19)16-30(5)25-27(2)23-29(4,24-28(3)26-30)14-13-18-11-12-20-21(15-18)22-20;1-17(19-9-7-6-8-10-19)16-30(5)25-28(3)23-27(2)24-29(4,26-30)14-13-18-11-12-20-21(15-18)22-20/h2*6-10,22-24,26-29,36H,11-21H2,1-5H3;2*6-10,17-18,20-21,27-28H,11-16H2,1-5H3. The number of fused-ring (bicyclic) bond motifs is 6. The van der Waals surface area contributed by atoms with Gasteiger partial charge < -0.3 is 94.3 Å². The van der Waals surface area contributed by atoms with Crippen molar-refractivity contribution in [2.75, 3.05) is 0 Å². The lowest BCUT2D eigenvalue weighted by Crippen LogP contribution is -2.63. The zero-order chi connectivity index (χ0) is 97.2. The molecule has 38 heteroatoms. The van der Waals surface area contributed by atoms with E-state index in [1.165, 1.54) is 176 Å². The highest BCUT2D eigenvalue weighted by molar-refractivity contribution is 6.92. The molecule has 34 atom stereocenters. The summed E-state index contributed by atoms with van der Waals surface area (Å²) in [6.07, 6.45) is 36.1. The van der Waals surface area contributed by atoms with Crippen molar-refractivity contribution in [2.24, 2.45) is 35.5 Å². The van der Waals surface area contributed by atoms with E-state index in [2.05, 4.69) is 254 Å². The monoisotopic (exact) mass is 2180 g/mol. The van der Waals surface area contributed by atoms with Crippen molar-refractivity contribution in [3.63, 3.8) is 0 Å². The van der Waals surface area contributed by atoms with Gasteiger partial charge in [0.2, 0.25) is 0 Å². The summed E-state index contributed by atoms with van der Waals surface area (Å²) in [5.41, 5.74) is 5.41. The predicted octanol–water partition coefficient (Wildman–Crippen LogP) is 23.0. The van der Waals surface area contributed by atoms with Crippen LogP contribution in [0.15, 0.2) is 121 Å². The summed E-state index contributed by atoms with van der Waals surface area (Å²) in [6.45, 7) is 45.1. The molecule has 10 heterocycles. The molecule has 138 heavy (non-hydrogen) atoms. The molecule has 772 valence electrons. The molecular formula is C100H176O22Si16. The molecule has 10 aliphatic heterocycles. The van der Waals surface area contributed by atoms with Crippen LogP contribution in [0.3, 0.4) is 0 Å². The van der Waals surface area contributed by atoms with E-state index in [1.807, 2.05) is 0 Å². The second-order valence-corrected chi connectivity index (χ2v) is 95.9. The molecule has 22 nitrogen and oxygen atoms in total. The minimum Gasteiger partial charge on any atom is -0.420 e. The van der Waals surface area contributed by atoms with E-state index in [4.69, 9.17) is 94.3 Å². The van der Waals surface area contributed by atoms with Gasteiger partial charge in [-0.1, -0.05) is 149 Å². The lowest BCUT2D eigenvalue weighted by atomic mass is 9.88. The van der Waals surface area contributed by atoms with Gasteiger partial charge in [0.25, 0.3) is 18.6 Å². The number of ether oxygens (including phenoxy) is 6. The molecule has 0 radical (unpaired) electrons. The number of hydrogen-bond acceptors (Lipinski definition) is 22. The average Bonchev–Trinajstić information content (AvgIpc) is 1.26. The Kier molecular flexibility index (Phi) is 36.8. The van der Waals surface area contributed by atoms with Gasteiger partial charge in [0.15, 0.2) is 0 Å². The fourth-order valence-electron chi connectivity index (χ4n) is 26.6. The zero-order valence-electron chi connectivity index (χ0n) is 87.7.